The molecule has 106 valence electrons. The van der Waals surface area contributed by atoms with Crippen LogP contribution < -0.4 is 0 Å². The van der Waals surface area contributed by atoms with Gasteiger partial charge in [0.1, 0.15) is 0 Å². The predicted octanol–water partition coefficient (Wildman–Crippen LogP) is 3.07. The van der Waals surface area contributed by atoms with Gasteiger partial charge < -0.3 is 0 Å². The maximum Gasteiger partial charge on any atom is 0.0459 e. The first kappa shape index (κ1) is 15.9. The summed E-state index contributed by atoms with van der Waals surface area (Å²) in [6.45, 7) is 18.1. The Balaban J connectivity index is 2.43. The first-order chi connectivity index (χ1) is 8.18. The lowest BCUT2D eigenvalue weighted by molar-refractivity contribution is 0.152. The van der Waals surface area contributed by atoms with Crippen molar-refractivity contribution in [3.63, 3.8) is 0 Å². The number of piperidine rings is 1. The van der Waals surface area contributed by atoms with Crippen LogP contribution in [0.25, 0.3) is 0 Å². The Morgan fingerprint density at radius 2 is 1.78 bits per heavy atom. The zero-order valence-electron chi connectivity index (χ0n) is 12.7. The van der Waals surface area contributed by atoms with Gasteiger partial charge in [-0.05, 0) is 39.0 Å². The molecule has 0 aromatic carbocycles. The summed E-state index contributed by atoms with van der Waals surface area (Å²) in [5, 5.41) is 0. The van der Waals surface area contributed by atoms with Crippen molar-refractivity contribution in [1.82, 2.24) is 4.90 Å². The van der Waals surface area contributed by atoms with Gasteiger partial charge in [0.25, 0.3) is 0 Å². The zero-order chi connectivity index (χ0) is 13.9. The summed E-state index contributed by atoms with van der Waals surface area (Å²) in [4.78, 5) is 2.47. The van der Waals surface area contributed by atoms with Crippen LogP contribution in [0, 0.1) is 11.8 Å². The van der Waals surface area contributed by atoms with E-state index in [0.29, 0.717) is 5.75 Å². The average molecular weight is 271 g/mol. The minimum Gasteiger partial charge on any atom is -0.299 e. The van der Waals surface area contributed by atoms with Crippen molar-refractivity contribution in [3.8, 4) is 0 Å². The van der Waals surface area contributed by atoms with Crippen molar-refractivity contribution in [2.24, 2.45) is 11.8 Å². The van der Waals surface area contributed by atoms with E-state index < -0.39 is 10.8 Å². The molecule has 1 aliphatic heterocycles. The molecule has 1 fully saturated rings. The second-order valence-electron chi connectivity index (χ2n) is 6.99. The largest absolute Gasteiger partial charge is 0.299 e. The van der Waals surface area contributed by atoms with E-state index in [2.05, 4.69) is 25.3 Å². The molecular weight excluding hydrogens is 242 g/mol. The molecule has 1 saturated heterocycles. The van der Waals surface area contributed by atoms with Crippen LogP contribution in [0.3, 0.4) is 0 Å². The van der Waals surface area contributed by atoms with Gasteiger partial charge in [0.2, 0.25) is 0 Å². The summed E-state index contributed by atoms with van der Waals surface area (Å²) >= 11 is 0. The lowest BCUT2D eigenvalue weighted by Gasteiger charge is -2.35. The fourth-order valence-corrected chi connectivity index (χ4v) is 3.58. The fraction of sp³-hybridized carbons (Fsp3) is 0.867. The molecule has 0 aliphatic carbocycles. The molecule has 3 atom stereocenters. The minimum atomic E-state index is -0.815. The van der Waals surface area contributed by atoms with Crippen LogP contribution in [0.15, 0.2) is 12.2 Å². The fourth-order valence-electron chi connectivity index (χ4n) is 2.68. The Hall–Kier alpha value is -0.150. The van der Waals surface area contributed by atoms with Crippen molar-refractivity contribution in [2.75, 3.05) is 25.4 Å². The third kappa shape index (κ3) is 5.23. The van der Waals surface area contributed by atoms with Crippen molar-refractivity contribution in [2.45, 2.75) is 45.8 Å². The standard InChI is InChI=1S/C15H29NOS/c1-12-7-13(2)9-16(8-12)10-14(3)11-18(17)15(4,5)6/h12-13H,3,7-11H2,1-2,4-6H3. The molecule has 1 aliphatic rings. The van der Waals surface area contributed by atoms with Crippen LogP contribution in [0.2, 0.25) is 0 Å². The molecule has 3 heteroatoms. The topological polar surface area (TPSA) is 20.3 Å². The highest BCUT2D eigenvalue weighted by Crippen LogP contribution is 2.22. The molecule has 0 bridgehead atoms. The molecular formula is C15H29NOS. The van der Waals surface area contributed by atoms with Gasteiger partial charge >= 0.3 is 0 Å². The molecule has 3 unspecified atom stereocenters. The number of nitrogens with zero attached hydrogens (tertiary/aromatic N) is 1. The Kier molecular flexibility index (Phi) is 5.60. The van der Waals surface area contributed by atoms with Gasteiger partial charge in [0, 0.05) is 40.9 Å². The first-order valence-corrected chi connectivity index (χ1v) is 8.28. The molecule has 1 heterocycles. The third-order valence-corrected chi connectivity index (χ3v) is 5.45. The van der Waals surface area contributed by atoms with Gasteiger partial charge in [-0.3, -0.25) is 9.11 Å². The van der Waals surface area contributed by atoms with E-state index in [1.807, 2.05) is 20.8 Å². The maximum absolute atomic E-state index is 12.1. The molecule has 18 heavy (non-hydrogen) atoms. The molecule has 1 rings (SSSR count). The van der Waals surface area contributed by atoms with Gasteiger partial charge in [-0.1, -0.05) is 26.0 Å². The normalized spacial score (nSPS) is 28.1. The first-order valence-electron chi connectivity index (χ1n) is 6.96. The van der Waals surface area contributed by atoms with Gasteiger partial charge in [0.05, 0.1) is 0 Å². The van der Waals surface area contributed by atoms with Gasteiger partial charge in [-0.2, -0.15) is 0 Å². The summed E-state index contributed by atoms with van der Waals surface area (Å²) in [6.07, 6.45) is 1.33. The van der Waals surface area contributed by atoms with Crippen LogP contribution in [-0.2, 0) is 10.8 Å². The van der Waals surface area contributed by atoms with E-state index in [1.165, 1.54) is 6.42 Å². The second-order valence-corrected chi connectivity index (χ2v) is 9.20. The lowest BCUT2D eigenvalue weighted by atomic mass is 9.92. The highest BCUT2D eigenvalue weighted by Gasteiger charge is 2.24. The molecule has 0 aromatic rings. The molecule has 0 radical (unpaired) electrons. The summed E-state index contributed by atoms with van der Waals surface area (Å²) in [5.41, 5.74) is 1.12. The quantitative estimate of drug-likeness (QED) is 0.732. The number of likely N-dealkylation sites (tertiary alicyclic amines) is 1. The van der Waals surface area contributed by atoms with Gasteiger partial charge in [0.15, 0.2) is 0 Å². The van der Waals surface area contributed by atoms with Crippen molar-refractivity contribution >= 4 is 10.8 Å². The van der Waals surface area contributed by atoms with Crippen LogP contribution >= 0.6 is 0 Å². The van der Waals surface area contributed by atoms with E-state index in [-0.39, 0.29) is 4.75 Å². The molecule has 0 saturated carbocycles. The Bertz CT molecular complexity index is 309. The molecule has 0 spiro atoms. The smallest absolute Gasteiger partial charge is 0.0459 e. The number of rotatable bonds is 4. The van der Waals surface area contributed by atoms with Crippen LogP contribution in [0.5, 0.6) is 0 Å². The second kappa shape index (κ2) is 6.33. The molecule has 0 N–H and O–H groups in total. The summed E-state index contributed by atoms with van der Waals surface area (Å²) in [6, 6.07) is 0. The van der Waals surface area contributed by atoms with Crippen LogP contribution in [0.4, 0.5) is 0 Å². The zero-order valence-corrected chi connectivity index (χ0v) is 13.5. The van der Waals surface area contributed by atoms with Gasteiger partial charge in [-0.25, -0.2) is 0 Å². The maximum atomic E-state index is 12.1. The van der Waals surface area contributed by atoms with Gasteiger partial charge in [-0.15, -0.1) is 0 Å². The minimum absolute atomic E-state index is 0.134. The van der Waals surface area contributed by atoms with Crippen molar-refractivity contribution in [3.05, 3.63) is 12.2 Å². The molecule has 2 nitrogen and oxygen atoms in total. The highest BCUT2D eigenvalue weighted by molar-refractivity contribution is 7.86. The van der Waals surface area contributed by atoms with Crippen LogP contribution in [-0.4, -0.2) is 39.2 Å². The summed E-state index contributed by atoms with van der Waals surface area (Å²) in [7, 11) is -0.815. The Labute approximate surface area is 115 Å². The monoisotopic (exact) mass is 271 g/mol. The summed E-state index contributed by atoms with van der Waals surface area (Å²) < 4.78 is 11.9. The molecule has 0 aromatic heterocycles. The van der Waals surface area contributed by atoms with E-state index in [4.69, 9.17) is 0 Å². The lowest BCUT2D eigenvalue weighted by Crippen LogP contribution is -2.40. The van der Waals surface area contributed by atoms with Crippen molar-refractivity contribution in [1.29, 1.82) is 0 Å². The average Bonchev–Trinajstić information content (AvgIpc) is 2.13. The third-order valence-electron chi connectivity index (χ3n) is 3.41. The van der Waals surface area contributed by atoms with Crippen LogP contribution in [0.1, 0.15) is 41.0 Å². The van der Waals surface area contributed by atoms with E-state index in [0.717, 1.165) is 37.0 Å². The SMILES string of the molecule is C=C(CN1CC(C)CC(C)C1)CS(=O)C(C)(C)C. The number of hydrogen-bond acceptors (Lipinski definition) is 2. The summed E-state index contributed by atoms with van der Waals surface area (Å²) in [5.74, 6) is 2.19. The predicted molar refractivity (Wildman–Crippen MR) is 81.3 cm³/mol. The van der Waals surface area contributed by atoms with E-state index in [9.17, 15) is 4.21 Å². The molecule has 0 amide bonds. The number of hydrogen-bond donors (Lipinski definition) is 0. The van der Waals surface area contributed by atoms with E-state index in [1.54, 1.807) is 0 Å². The Morgan fingerprint density at radius 3 is 2.22 bits per heavy atom. The van der Waals surface area contributed by atoms with E-state index >= 15 is 0 Å². The highest BCUT2D eigenvalue weighted by atomic mass is 32.2. The Morgan fingerprint density at radius 1 is 1.28 bits per heavy atom. The van der Waals surface area contributed by atoms with Crippen molar-refractivity contribution < 1.29 is 4.21 Å².